The van der Waals surface area contributed by atoms with Gasteiger partial charge in [0.15, 0.2) is 6.61 Å². The maximum atomic E-state index is 12.5. The molecule has 0 atom stereocenters. The minimum Gasteiger partial charge on any atom is -0.484 e. The molecule has 1 amide bonds. The van der Waals surface area contributed by atoms with Crippen molar-refractivity contribution < 1.29 is 9.53 Å². The first-order valence-electron chi connectivity index (χ1n) is 8.92. The van der Waals surface area contributed by atoms with Gasteiger partial charge < -0.3 is 10.1 Å². The number of hydrogen-bond acceptors (Lipinski definition) is 2. The fourth-order valence-corrected chi connectivity index (χ4v) is 2.82. The lowest BCUT2D eigenvalue weighted by atomic mass is 9.92. The van der Waals surface area contributed by atoms with E-state index in [9.17, 15) is 4.79 Å². The van der Waals surface area contributed by atoms with Crippen molar-refractivity contribution in [3.63, 3.8) is 0 Å². The summed E-state index contributed by atoms with van der Waals surface area (Å²) in [6, 6.07) is 12.1. The monoisotopic (exact) mass is 339 g/mol. The van der Waals surface area contributed by atoms with E-state index in [1.807, 2.05) is 25.1 Å². The van der Waals surface area contributed by atoms with E-state index in [0.29, 0.717) is 11.8 Å². The van der Waals surface area contributed by atoms with Crippen LogP contribution in [0, 0.1) is 13.8 Å². The number of carbonyl (C=O) groups is 1. The van der Waals surface area contributed by atoms with Crippen LogP contribution in [-0.4, -0.2) is 12.5 Å². The standard InChI is InChI=1S/C22H29NO2/c1-14(2)19-8-7-9-20(15(3)4)22(19)23-21(24)13-25-18-11-10-16(5)17(6)12-18/h7-12,14-15H,13H2,1-6H3,(H,23,24). The number of para-hydroxylation sites is 1. The lowest BCUT2D eigenvalue weighted by Crippen LogP contribution is -2.22. The van der Waals surface area contributed by atoms with Crippen molar-refractivity contribution in [2.75, 3.05) is 11.9 Å². The van der Waals surface area contributed by atoms with Gasteiger partial charge in [-0.1, -0.05) is 52.0 Å². The molecule has 0 saturated heterocycles. The van der Waals surface area contributed by atoms with Gasteiger partial charge in [0.25, 0.3) is 5.91 Å². The van der Waals surface area contributed by atoms with Crippen LogP contribution in [-0.2, 0) is 4.79 Å². The highest BCUT2D eigenvalue weighted by Crippen LogP contribution is 2.32. The van der Waals surface area contributed by atoms with Gasteiger partial charge in [-0.25, -0.2) is 0 Å². The molecule has 0 aliphatic carbocycles. The van der Waals surface area contributed by atoms with Crippen LogP contribution in [0.2, 0.25) is 0 Å². The smallest absolute Gasteiger partial charge is 0.262 e. The van der Waals surface area contributed by atoms with Crippen LogP contribution in [0.3, 0.4) is 0 Å². The maximum Gasteiger partial charge on any atom is 0.262 e. The van der Waals surface area contributed by atoms with Gasteiger partial charge in [0.05, 0.1) is 0 Å². The summed E-state index contributed by atoms with van der Waals surface area (Å²) >= 11 is 0. The third-order valence-corrected chi connectivity index (χ3v) is 4.49. The van der Waals surface area contributed by atoms with E-state index in [4.69, 9.17) is 4.74 Å². The quantitative estimate of drug-likeness (QED) is 0.747. The summed E-state index contributed by atoms with van der Waals surface area (Å²) < 4.78 is 5.66. The Balaban J connectivity index is 2.13. The minimum atomic E-state index is -0.131. The molecule has 0 radical (unpaired) electrons. The van der Waals surface area contributed by atoms with Crippen LogP contribution in [0.15, 0.2) is 36.4 Å². The Hall–Kier alpha value is -2.29. The van der Waals surface area contributed by atoms with E-state index < -0.39 is 0 Å². The van der Waals surface area contributed by atoms with Crippen LogP contribution in [0.5, 0.6) is 5.75 Å². The van der Waals surface area contributed by atoms with E-state index in [1.165, 1.54) is 5.56 Å². The number of nitrogens with one attached hydrogen (secondary N) is 1. The Morgan fingerprint density at radius 3 is 2.08 bits per heavy atom. The fourth-order valence-electron chi connectivity index (χ4n) is 2.82. The van der Waals surface area contributed by atoms with Gasteiger partial charge >= 0.3 is 0 Å². The summed E-state index contributed by atoms with van der Waals surface area (Å²) in [6.07, 6.45) is 0. The van der Waals surface area contributed by atoms with Crippen molar-refractivity contribution in [1.82, 2.24) is 0 Å². The molecule has 2 aromatic rings. The summed E-state index contributed by atoms with van der Waals surface area (Å²) in [4.78, 5) is 12.5. The van der Waals surface area contributed by atoms with Crippen molar-refractivity contribution in [2.45, 2.75) is 53.4 Å². The van der Waals surface area contributed by atoms with E-state index in [2.05, 4.69) is 58.1 Å². The molecule has 0 aliphatic heterocycles. The highest BCUT2D eigenvalue weighted by Gasteiger charge is 2.16. The summed E-state index contributed by atoms with van der Waals surface area (Å²) in [5.74, 6) is 1.28. The third kappa shape index (κ3) is 4.85. The number of benzene rings is 2. The Morgan fingerprint density at radius 2 is 1.56 bits per heavy atom. The van der Waals surface area contributed by atoms with Crippen molar-refractivity contribution in [3.05, 3.63) is 58.7 Å². The minimum absolute atomic E-state index is 0.00641. The van der Waals surface area contributed by atoms with Crippen molar-refractivity contribution in [3.8, 4) is 5.75 Å². The molecule has 2 aromatic carbocycles. The molecule has 1 N–H and O–H groups in total. The predicted octanol–water partition coefficient (Wildman–Crippen LogP) is 5.57. The molecule has 3 heteroatoms. The summed E-state index contributed by atoms with van der Waals surface area (Å²) in [7, 11) is 0. The Bertz CT molecular complexity index is 721. The zero-order valence-electron chi connectivity index (χ0n) is 16.1. The molecule has 0 aromatic heterocycles. The molecular formula is C22H29NO2. The molecule has 25 heavy (non-hydrogen) atoms. The average molecular weight is 339 g/mol. The molecule has 2 rings (SSSR count). The molecule has 0 spiro atoms. The average Bonchev–Trinajstić information content (AvgIpc) is 2.55. The maximum absolute atomic E-state index is 12.5. The van der Waals surface area contributed by atoms with Gasteiger partial charge in [-0.15, -0.1) is 0 Å². The van der Waals surface area contributed by atoms with Gasteiger partial charge in [0, 0.05) is 5.69 Å². The van der Waals surface area contributed by atoms with Gasteiger partial charge in [-0.05, 0) is 60.1 Å². The fraction of sp³-hybridized carbons (Fsp3) is 0.409. The number of anilines is 1. The molecule has 3 nitrogen and oxygen atoms in total. The second-order valence-electron chi connectivity index (χ2n) is 7.20. The molecule has 0 unspecified atom stereocenters. The van der Waals surface area contributed by atoms with Gasteiger partial charge in [0.1, 0.15) is 5.75 Å². The molecule has 0 fully saturated rings. The first-order chi connectivity index (χ1) is 11.8. The highest BCUT2D eigenvalue weighted by molar-refractivity contribution is 5.93. The lowest BCUT2D eigenvalue weighted by Gasteiger charge is -2.20. The largest absolute Gasteiger partial charge is 0.484 e. The molecule has 0 saturated carbocycles. The van der Waals surface area contributed by atoms with Gasteiger partial charge in [-0.3, -0.25) is 4.79 Å². The molecule has 0 bridgehead atoms. The van der Waals surface area contributed by atoms with E-state index in [1.54, 1.807) is 0 Å². The van der Waals surface area contributed by atoms with Crippen LogP contribution >= 0.6 is 0 Å². The van der Waals surface area contributed by atoms with E-state index >= 15 is 0 Å². The van der Waals surface area contributed by atoms with Crippen molar-refractivity contribution >= 4 is 11.6 Å². The molecule has 134 valence electrons. The third-order valence-electron chi connectivity index (χ3n) is 4.49. The summed E-state index contributed by atoms with van der Waals surface area (Å²) in [6.45, 7) is 12.7. The summed E-state index contributed by atoms with van der Waals surface area (Å²) in [5.41, 5.74) is 5.62. The van der Waals surface area contributed by atoms with Gasteiger partial charge in [-0.2, -0.15) is 0 Å². The Kier molecular flexibility index (Phi) is 6.24. The normalized spacial score (nSPS) is 11.0. The number of hydrogen-bond donors (Lipinski definition) is 1. The van der Waals surface area contributed by atoms with Crippen LogP contribution in [0.25, 0.3) is 0 Å². The van der Waals surface area contributed by atoms with E-state index in [0.717, 1.165) is 28.1 Å². The van der Waals surface area contributed by atoms with Crippen molar-refractivity contribution in [1.29, 1.82) is 0 Å². The lowest BCUT2D eigenvalue weighted by molar-refractivity contribution is -0.118. The van der Waals surface area contributed by atoms with Crippen LogP contribution in [0.1, 0.15) is 61.8 Å². The molecule has 0 heterocycles. The number of rotatable bonds is 6. The highest BCUT2D eigenvalue weighted by atomic mass is 16.5. The first kappa shape index (κ1) is 19.0. The Morgan fingerprint density at radius 1 is 0.960 bits per heavy atom. The summed E-state index contributed by atoms with van der Waals surface area (Å²) in [5, 5.41) is 3.07. The molecule has 0 aliphatic rings. The second kappa shape index (κ2) is 8.19. The zero-order valence-corrected chi connectivity index (χ0v) is 16.1. The second-order valence-corrected chi connectivity index (χ2v) is 7.20. The Labute approximate surface area is 151 Å². The zero-order chi connectivity index (χ0) is 18.6. The van der Waals surface area contributed by atoms with Crippen molar-refractivity contribution in [2.24, 2.45) is 0 Å². The SMILES string of the molecule is Cc1ccc(OCC(=O)Nc2c(C(C)C)cccc2C(C)C)cc1C. The number of amides is 1. The van der Waals surface area contributed by atoms with Crippen LogP contribution < -0.4 is 10.1 Å². The first-order valence-corrected chi connectivity index (χ1v) is 8.92. The predicted molar refractivity (Wildman–Crippen MR) is 105 cm³/mol. The van der Waals surface area contributed by atoms with E-state index in [-0.39, 0.29) is 12.5 Å². The number of carbonyl (C=O) groups excluding carboxylic acids is 1. The number of ether oxygens (including phenoxy) is 1. The topological polar surface area (TPSA) is 38.3 Å². The van der Waals surface area contributed by atoms with Gasteiger partial charge in [0.2, 0.25) is 0 Å². The number of aryl methyl sites for hydroxylation is 2. The molecular weight excluding hydrogens is 310 g/mol. The van der Waals surface area contributed by atoms with Crippen LogP contribution in [0.4, 0.5) is 5.69 Å².